The lowest BCUT2D eigenvalue weighted by molar-refractivity contribution is 0.0568. The van der Waals surface area contributed by atoms with Gasteiger partial charge in [-0.3, -0.25) is 4.90 Å². The zero-order chi connectivity index (χ0) is 13.8. The molecule has 3 N–H and O–H groups in total. The fourth-order valence-corrected chi connectivity index (χ4v) is 3.16. The van der Waals surface area contributed by atoms with Gasteiger partial charge in [-0.25, -0.2) is 0 Å². The monoisotopic (exact) mass is 326 g/mol. The van der Waals surface area contributed by atoms with Gasteiger partial charge in [0, 0.05) is 17.1 Å². The highest BCUT2D eigenvalue weighted by molar-refractivity contribution is 9.10. The minimum absolute atomic E-state index is 0.189. The molecule has 0 aromatic heterocycles. The van der Waals surface area contributed by atoms with Crippen molar-refractivity contribution in [3.8, 4) is 0 Å². The molecule has 0 spiro atoms. The molecule has 3 nitrogen and oxygen atoms in total. The molecule has 0 aliphatic carbocycles. The summed E-state index contributed by atoms with van der Waals surface area (Å²) >= 11 is 3.46. The minimum atomic E-state index is -0.189. The number of hydrogen-bond donors (Lipinski definition) is 2. The average Bonchev–Trinajstić information content (AvgIpc) is 2.42. The Morgan fingerprint density at radius 1 is 1.32 bits per heavy atom. The summed E-state index contributed by atoms with van der Waals surface area (Å²) in [5.74, 6) is 0.444. The van der Waals surface area contributed by atoms with E-state index in [2.05, 4.69) is 45.1 Å². The van der Waals surface area contributed by atoms with Crippen LogP contribution in [0.15, 0.2) is 28.7 Å². The van der Waals surface area contributed by atoms with Crippen molar-refractivity contribution < 1.29 is 5.11 Å². The lowest BCUT2D eigenvalue weighted by Gasteiger charge is -2.38. The van der Waals surface area contributed by atoms with Crippen LogP contribution in [-0.2, 0) is 0 Å². The zero-order valence-corrected chi connectivity index (χ0v) is 13.0. The number of likely N-dealkylation sites (tertiary alicyclic amines) is 1. The lowest BCUT2D eigenvalue weighted by atomic mass is 9.90. The largest absolute Gasteiger partial charge is 0.393 e. The van der Waals surface area contributed by atoms with Crippen molar-refractivity contribution in [2.75, 3.05) is 19.6 Å². The third kappa shape index (κ3) is 3.78. The molecule has 1 aliphatic heterocycles. The second-order valence-corrected chi connectivity index (χ2v) is 6.33. The van der Waals surface area contributed by atoms with Gasteiger partial charge >= 0.3 is 0 Å². The number of aliphatic hydroxyl groups is 1. The van der Waals surface area contributed by atoms with Crippen molar-refractivity contribution in [3.63, 3.8) is 0 Å². The van der Waals surface area contributed by atoms with E-state index < -0.39 is 0 Å². The first-order valence-corrected chi connectivity index (χ1v) is 7.78. The third-order valence-corrected chi connectivity index (χ3v) is 4.70. The van der Waals surface area contributed by atoms with E-state index in [1.807, 2.05) is 6.92 Å². The van der Waals surface area contributed by atoms with E-state index in [-0.39, 0.29) is 6.10 Å². The van der Waals surface area contributed by atoms with Gasteiger partial charge in [0.15, 0.2) is 0 Å². The lowest BCUT2D eigenvalue weighted by Crippen LogP contribution is -2.41. The molecule has 1 aliphatic rings. The van der Waals surface area contributed by atoms with Crippen LogP contribution in [0.1, 0.15) is 31.4 Å². The number of benzene rings is 1. The molecule has 2 unspecified atom stereocenters. The maximum atomic E-state index is 9.66. The molecule has 4 heteroatoms. The Kier molecular flexibility index (Phi) is 5.39. The van der Waals surface area contributed by atoms with E-state index in [9.17, 15) is 5.11 Å². The third-order valence-electron chi connectivity index (χ3n) is 4.18. The minimum Gasteiger partial charge on any atom is -0.393 e. The first-order chi connectivity index (χ1) is 9.11. The standard InChI is InChI=1S/C15H23BrN2O/c1-11(19)12-6-8-18(9-7-12)15(10-17)13-2-4-14(16)5-3-13/h2-5,11-12,15,19H,6-10,17H2,1H3. The molecule has 1 saturated heterocycles. The first-order valence-electron chi connectivity index (χ1n) is 6.99. The number of nitrogens with zero attached hydrogens (tertiary/aromatic N) is 1. The molecule has 1 aromatic rings. The van der Waals surface area contributed by atoms with Gasteiger partial charge in [-0.1, -0.05) is 28.1 Å². The van der Waals surface area contributed by atoms with Gasteiger partial charge < -0.3 is 10.8 Å². The van der Waals surface area contributed by atoms with Crippen molar-refractivity contribution in [3.05, 3.63) is 34.3 Å². The van der Waals surface area contributed by atoms with Crippen LogP contribution >= 0.6 is 15.9 Å². The topological polar surface area (TPSA) is 49.5 Å². The predicted molar refractivity (Wildman–Crippen MR) is 81.9 cm³/mol. The van der Waals surface area contributed by atoms with Crippen LogP contribution in [0.5, 0.6) is 0 Å². The summed E-state index contributed by atoms with van der Waals surface area (Å²) in [6, 6.07) is 8.72. The highest BCUT2D eigenvalue weighted by Gasteiger charge is 2.27. The summed E-state index contributed by atoms with van der Waals surface area (Å²) in [6.45, 7) is 4.58. The summed E-state index contributed by atoms with van der Waals surface area (Å²) in [5, 5.41) is 9.66. The fraction of sp³-hybridized carbons (Fsp3) is 0.600. The normalized spacial score (nSPS) is 21.3. The smallest absolute Gasteiger partial charge is 0.0541 e. The van der Waals surface area contributed by atoms with Gasteiger partial charge in [-0.15, -0.1) is 0 Å². The molecule has 19 heavy (non-hydrogen) atoms. The highest BCUT2D eigenvalue weighted by Crippen LogP contribution is 2.28. The zero-order valence-electron chi connectivity index (χ0n) is 11.4. The highest BCUT2D eigenvalue weighted by atomic mass is 79.9. The molecule has 2 atom stereocenters. The summed E-state index contributed by atoms with van der Waals surface area (Å²) < 4.78 is 1.10. The van der Waals surface area contributed by atoms with E-state index in [1.165, 1.54) is 5.56 Å². The number of piperidine rings is 1. The molecule has 0 amide bonds. The number of aliphatic hydroxyl groups excluding tert-OH is 1. The second kappa shape index (κ2) is 6.84. The molecular formula is C15H23BrN2O. The predicted octanol–water partition coefficient (Wildman–Crippen LogP) is 2.54. The van der Waals surface area contributed by atoms with Crippen molar-refractivity contribution in [1.82, 2.24) is 4.90 Å². The van der Waals surface area contributed by atoms with Crippen molar-refractivity contribution in [1.29, 1.82) is 0 Å². The number of nitrogens with two attached hydrogens (primary N) is 1. The van der Waals surface area contributed by atoms with Crippen LogP contribution in [0.25, 0.3) is 0 Å². The summed E-state index contributed by atoms with van der Waals surface area (Å²) in [6.07, 6.45) is 1.93. The Morgan fingerprint density at radius 2 is 1.89 bits per heavy atom. The maximum Gasteiger partial charge on any atom is 0.0541 e. The van der Waals surface area contributed by atoms with Gasteiger partial charge in [0.2, 0.25) is 0 Å². The molecule has 1 aromatic carbocycles. The Bertz CT molecular complexity index is 386. The Labute approximate surface area is 123 Å². The number of rotatable bonds is 4. The molecule has 106 valence electrons. The van der Waals surface area contributed by atoms with E-state index in [0.717, 1.165) is 30.4 Å². The average molecular weight is 327 g/mol. The van der Waals surface area contributed by atoms with Crippen LogP contribution in [0.4, 0.5) is 0 Å². The van der Waals surface area contributed by atoms with Gasteiger partial charge in [0.05, 0.1) is 6.10 Å². The molecule has 0 bridgehead atoms. The van der Waals surface area contributed by atoms with Crippen LogP contribution in [0.3, 0.4) is 0 Å². The molecule has 0 saturated carbocycles. The van der Waals surface area contributed by atoms with Crippen LogP contribution in [0.2, 0.25) is 0 Å². The SMILES string of the molecule is CC(O)C1CCN(C(CN)c2ccc(Br)cc2)CC1. The number of halogens is 1. The van der Waals surface area contributed by atoms with Crippen LogP contribution in [-0.4, -0.2) is 35.7 Å². The first kappa shape index (κ1) is 15.0. The number of hydrogen-bond acceptors (Lipinski definition) is 3. The van der Waals surface area contributed by atoms with Crippen molar-refractivity contribution in [2.24, 2.45) is 11.7 Å². The van der Waals surface area contributed by atoms with Gasteiger partial charge in [0.25, 0.3) is 0 Å². The van der Waals surface area contributed by atoms with Crippen molar-refractivity contribution >= 4 is 15.9 Å². The van der Waals surface area contributed by atoms with Crippen LogP contribution in [0, 0.1) is 5.92 Å². The van der Waals surface area contributed by atoms with Gasteiger partial charge in [-0.2, -0.15) is 0 Å². The summed E-state index contributed by atoms with van der Waals surface area (Å²) in [5.41, 5.74) is 7.24. The maximum absolute atomic E-state index is 9.66. The quantitative estimate of drug-likeness (QED) is 0.893. The molecule has 1 fully saturated rings. The molecule has 1 heterocycles. The van der Waals surface area contributed by atoms with Crippen molar-refractivity contribution in [2.45, 2.75) is 31.9 Å². The molecular weight excluding hydrogens is 304 g/mol. The summed E-state index contributed by atoms with van der Waals surface area (Å²) in [7, 11) is 0. The van der Waals surface area contributed by atoms with Crippen LogP contribution < -0.4 is 5.73 Å². The Hall–Kier alpha value is -0.420. The van der Waals surface area contributed by atoms with E-state index in [4.69, 9.17) is 5.73 Å². The Morgan fingerprint density at radius 3 is 2.37 bits per heavy atom. The Balaban J connectivity index is 2.01. The molecule has 2 rings (SSSR count). The second-order valence-electron chi connectivity index (χ2n) is 5.42. The summed E-state index contributed by atoms with van der Waals surface area (Å²) in [4.78, 5) is 2.45. The fourth-order valence-electron chi connectivity index (χ4n) is 2.89. The van der Waals surface area contributed by atoms with E-state index in [1.54, 1.807) is 0 Å². The molecule has 0 radical (unpaired) electrons. The van der Waals surface area contributed by atoms with Gasteiger partial charge in [-0.05, 0) is 56.5 Å². The van der Waals surface area contributed by atoms with Gasteiger partial charge in [0.1, 0.15) is 0 Å². The van der Waals surface area contributed by atoms with E-state index in [0.29, 0.717) is 18.5 Å². The van der Waals surface area contributed by atoms with E-state index >= 15 is 0 Å².